The van der Waals surface area contributed by atoms with Gasteiger partial charge >= 0.3 is 11.4 Å². The maximum atomic E-state index is 13.3. The van der Waals surface area contributed by atoms with Gasteiger partial charge in [-0.25, -0.2) is 19.6 Å². The van der Waals surface area contributed by atoms with Gasteiger partial charge in [-0.1, -0.05) is 13.3 Å². The lowest BCUT2D eigenvalue weighted by atomic mass is 10.3. The molecule has 0 bridgehead atoms. The minimum absolute atomic E-state index is 0.0669. The number of aliphatic hydroxyl groups excluding tert-OH is 1. The van der Waals surface area contributed by atoms with E-state index in [9.17, 15) is 19.2 Å². The van der Waals surface area contributed by atoms with Crippen molar-refractivity contribution in [3.8, 4) is 12.0 Å². The minimum atomic E-state index is -0.446. The summed E-state index contributed by atoms with van der Waals surface area (Å²) in [5, 5.41) is 14.8. The van der Waals surface area contributed by atoms with Crippen molar-refractivity contribution in [2.45, 2.75) is 130 Å². The van der Waals surface area contributed by atoms with Gasteiger partial charge in [-0.15, -0.1) is 22.7 Å². The fourth-order valence-corrected chi connectivity index (χ4v) is 9.17. The highest BCUT2D eigenvalue weighted by Gasteiger charge is 2.27. The average molecular weight is 837 g/mol. The number of imidazole rings is 2. The number of hydrogen-bond acceptors (Lipinski definition) is 13. The quantitative estimate of drug-likeness (QED) is 0.165. The number of aliphatic hydroxyl groups is 1. The number of fused-ring (bicyclic) bond motifs is 2. The zero-order chi connectivity index (χ0) is 41.1. The maximum Gasteiger partial charge on any atom is 0.332 e. The minimum Gasteiger partial charge on any atom is -0.461 e. The van der Waals surface area contributed by atoms with E-state index >= 15 is 0 Å². The van der Waals surface area contributed by atoms with E-state index in [1.54, 1.807) is 34.6 Å². The molecule has 2 fully saturated rings. The Hall–Kier alpha value is -4.88. The zero-order valence-electron chi connectivity index (χ0n) is 33.8. The Kier molecular flexibility index (Phi) is 12.8. The molecule has 2 aliphatic rings. The molecule has 2 saturated carbocycles. The first-order valence-electron chi connectivity index (χ1n) is 20.1. The van der Waals surface area contributed by atoms with Crippen LogP contribution in [-0.4, -0.2) is 71.3 Å². The lowest BCUT2D eigenvalue weighted by Gasteiger charge is -2.13. The summed E-state index contributed by atoms with van der Waals surface area (Å²) >= 11 is 3.06. The molecule has 1 N–H and O–H groups in total. The van der Waals surface area contributed by atoms with Crippen LogP contribution in [0.15, 0.2) is 29.9 Å². The van der Waals surface area contributed by atoms with E-state index in [2.05, 4.69) is 19.9 Å². The molecule has 6 aromatic rings. The molecule has 0 spiro atoms. The van der Waals surface area contributed by atoms with Gasteiger partial charge in [0.1, 0.15) is 22.2 Å². The third-order valence-corrected chi connectivity index (χ3v) is 12.6. The smallest absolute Gasteiger partial charge is 0.332 e. The van der Waals surface area contributed by atoms with Gasteiger partial charge in [-0.2, -0.15) is 9.97 Å². The van der Waals surface area contributed by atoms with Crippen LogP contribution in [0, 0.1) is 13.8 Å². The van der Waals surface area contributed by atoms with Crippen LogP contribution in [0.5, 0.6) is 12.0 Å². The number of nitrogens with zero attached hydrogens (tertiary/aromatic N) is 10. The first-order valence-corrected chi connectivity index (χ1v) is 21.9. The Labute approximate surface area is 342 Å². The van der Waals surface area contributed by atoms with E-state index in [1.807, 2.05) is 31.5 Å². The van der Waals surface area contributed by atoms with Crippen molar-refractivity contribution in [2.75, 3.05) is 6.61 Å². The van der Waals surface area contributed by atoms with Crippen molar-refractivity contribution in [3.05, 3.63) is 73.8 Å². The van der Waals surface area contributed by atoms with Crippen molar-refractivity contribution in [1.29, 1.82) is 0 Å². The van der Waals surface area contributed by atoms with Gasteiger partial charge in [-0.05, 0) is 78.1 Å². The number of aryl methyl sites for hydroxylation is 4. The molecule has 17 nitrogen and oxygen atoms in total. The third kappa shape index (κ3) is 8.47. The molecule has 0 radical (unpaired) electrons. The Balaban J connectivity index is 0.000000177. The van der Waals surface area contributed by atoms with Crippen LogP contribution in [0.25, 0.3) is 22.3 Å². The second-order valence-electron chi connectivity index (χ2n) is 15.1. The molecule has 0 aromatic carbocycles. The van der Waals surface area contributed by atoms with Crippen LogP contribution in [0.2, 0.25) is 0 Å². The SMILES string of the molecule is CCCCn1c(=O)c2c(nc(OC3CCCC3)n2Cc2nc(C)cs2)n(C)c1=O.Cc1csc(Cn2c(OC3CCCC3)nc3c2c(=O)n(CCCO)c(=O)n3C)n1. The van der Waals surface area contributed by atoms with Crippen molar-refractivity contribution in [1.82, 2.24) is 47.3 Å². The summed E-state index contributed by atoms with van der Waals surface area (Å²) in [5.74, 6) is 0. The van der Waals surface area contributed by atoms with E-state index in [1.165, 1.54) is 25.0 Å². The molecule has 8 rings (SSSR count). The van der Waals surface area contributed by atoms with Crippen LogP contribution < -0.4 is 32.0 Å². The highest BCUT2D eigenvalue weighted by Crippen LogP contribution is 2.29. The second-order valence-corrected chi connectivity index (χ2v) is 17.0. The Bertz CT molecular complexity index is 2450. The van der Waals surface area contributed by atoms with Crippen molar-refractivity contribution < 1.29 is 14.6 Å². The number of unbranched alkanes of at least 4 members (excludes halogenated alkanes) is 1. The monoisotopic (exact) mass is 836 g/mol. The van der Waals surface area contributed by atoms with Crippen LogP contribution in [0.4, 0.5) is 0 Å². The number of thiazole rings is 2. The van der Waals surface area contributed by atoms with Gasteiger partial charge in [-0.3, -0.25) is 37.0 Å². The molecule has 6 heterocycles. The molecular weight excluding hydrogens is 785 g/mol. The van der Waals surface area contributed by atoms with Crippen LogP contribution in [-0.2, 0) is 40.3 Å². The maximum absolute atomic E-state index is 13.3. The Morgan fingerprint density at radius 3 is 1.43 bits per heavy atom. The molecule has 6 aromatic heterocycles. The number of aromatic nitrogens is 10. The van der Waals surface area contributed by atoms with E-state index < -0.39 is 11.2 Å². The lowest BCUT2D eigenvalue weighted by Crippen LogP contribution is -2.39. The summed E-state index contributed by atoms with van der Waals surface area (Å²) in [6, 6.07) is 0.756. The summed E-state index contributed by atoms with van der Waals surface area (Å²) < 4.78 is 21.2. The van der Waals surface area contributed by atoms with E-state index in [0.29, 0.717) is 60.4 Å². The van der Waals surface area contributed by atoms with Gasteiger partial charge in [0.25, 0.3) is 23.1 Å². The zero-order valence-corrected chi connectivity index (χ0v) is 35.4. The van der Waals surface area contributed by atoms with Crippen molar-refractivity contribution in [2.24, 2.45) is 14.1 Å². The van der Waals surface area contributed by atoms with Gasteiger partial charge in [0, 0.05) is 55.9 Å². The summed E-state index contributed by atoms with van der Waals surface area (Å²) in [5.41, 5.74) is 1.76. The topological polar surface area (TPSA) is 188 Å². The largest absolute Gasteiger partial charge is 0.461 e. The number of rotatable bonds is 14. The normalized spacial score (nSPS) is 14.9. The fraction of sp³-hybridized carbons (Fsp3) is 0.590. The Morgan fingerprint density at radius 2 is 1.07 bits per heavy atom. The lowest BCUT2D eigenvalue weighted by molar-refractivity contribution is 0.185. The fourth-order valence-electron chi connectivity index (χ4n) is 7.65. The van der Waals surface area contributed by atoms with Gasteiger partial charge in [0.15, 0.2) is 22.3 Å². The average Bonchev–Trinajstić information content (AvgIpc) is 4.07. The van der Waals surface area contributed by atoms with Crippen molar-refractivity contribution >= 4 is 45.0 Å². The first-order chi connectivity index (χ1) is 28.0. The van der Waals surface area contributed by atoms with Gasteiger partial charge < -0.3 is 14.6 Å². The molecule has 0 aliphatic heterocycles. The first kappa shape index (κ1) is 41.3. The molecule has 0 saturated heterocycles. The second kappa shape index (κ2) is 17.9. The highest BCUT2D eigenvalue weighted by atomic mass is 32.1. The molecule has 0 unspecified atom stereocenters. The van der Waals surface area contributed by atoms with E-state index in [-0.39, 0.29) is 36.6 Å². The molecular formula is C39H52N10O7S2. The van der Waals surface area contributed by atoms with E-state index in [4.69, 9.17) is 14.6 Å². The molecule has 0 atom stereocenters. The third-order valence-electron chi connectivity index (χ3n) is 10.7. The van der Waals surface area contributed by atoms with Gasteiger partial charge in [0.2, 0.25) is 0 Å². The predicted molar refractivity (Wildman–Crippen MR) is 223 cm³/mol. The standard InChI is InChI=1S/C20H27N5O3S.C19H25N5O4S/c1-4-5-10-24-18(26)16-17(23(3)20(24)27)22-19(28-14-8-6-7-9-14)25(16)11-15-21-13(2)12-29-15;1-12-11-29-14(20-12)10-24-15-16(21-18(24)28-13-6-3-4-7-13)22(2)19(27)23(17(15)26)8-5-9-25/h12,14H,4-11H2,1-3H3;11,13,25H,3-10H2,1-2H3. The molecule has 0 amide bonds. The van der Waals surface area contributed by atoms with E-state index in [0.717, 1.165) is 90.2 Å². The predicted octanol–water partition coefficient (Wildman–Crippen LogP) is 4.25. The Morgan fingerprint density at radius 1 is 0.655 bits per heavy atom. The summed E-state index contributed by atoms with van der Waals surface area (Å²) in [7, 11) is 3.26. The molecule has 312 valence electrons. The number of ether oxygens (including phenoxy) is 2. The highest BCUT2D eigenvalue weighted by molar-refractivity contribution is 7.09. The van der Waals surface area contributed by atoms with Crippen LogP contribution >= 0.6 is 22.7 Å². The summed E-state index contributed by atoms with van der Waals surface area (Å²) in [4.78, 5) is 70.1. The van der Waals surface area contributed by atoms with Gasteiger partial charge in [0.05, 0.1) is 13.1 Å². The summed E-state index contributed by atoms with van der Waals surface area (Å²) in [6.45, 7) is 7.12. The molecule has 19 heteroatoms. The van der Waals surface area contributed by atoms with Crippen LogP contribution in [0.3, 0.4) is 0 Å². The van der Waals surface area contributed by atoms with Crippen molar-refractivity contribution in [3.63, 3.8) is 0 Å². The molecule has 58 heavy (non-hydrogen) atoms. The summed E-state index contributed by atoms with van der Waals surface area (Å²) in [6.07, 6.45) is 10.6. The number of hydrogen-bond donors (Lipinski definition) is 1. The van der Waals surface area contributed by atoms with Crippen LogP contribution in [0.1, 0.15) is 99.0 Å². The molecule has 2 aliphatic carbocycles.